The molecule has 1 saturated heterocycles. The van der Waals surface area contributed by atoms with Crippen molar-refractivity contribution in [2.75, 3.05) is 13.2 Å². The number of hydrogen-bond acceptors (Lipinski definition) is 4. The maximum Gasteiger partial charge on any atom is 0.322 e. The standard InChI is InChI=1S/C13H14FN3O4/c14-8-3-1-2-4-10(8)21-7-11(18)15-6-5-9-12(19)17-13(20)16-9/h1-4,9H,5-7H2,(H,15,18)(H2,16,17,19,20). The number of rotatable bonds is 6. The molecule has 7 nitrogen and oxygen atoms in total. The summed E-state index contributed by atoms with van der Waals surface area (Å²) in [6.45, 7) is -0.137. The molecular formula is C13H14FN3O4. The molecule has 0 aromatic heterocycles. The molecule has 0 spiro atoms. The van der Waals surface area contributed by atoms with Gasteiger partial charge in [-0.25, -0.2) is 9.18 Å². The molecule has 2 rings (SSSR count). The van der Waals surface area contributed by atoms with E-state index in [1.165, 1.54) is 18.2 Å². The highest BCUT2D eigenvalue weighted by molar-refractivity contribution is 6.04. The van der Waals surface area contributed by atoms with Gasteiger partial charge in [0.15, 0.2) is 18.2 Å². The lowest BCUT2D eigenvalue weighted by atomic mass is 10.2. The number of carbonyl (C=O) groups is 3. The van der Waals surface area contributed by atoms with Crippen LogP contribution in [0.15, 0.2) is 24.3 Å². The summed E-state index contributed by atoms with van der Waals surface area (Å²) in [5, 5.41) is 7.02. The largest absolute Gasteiger partial charge is 0.481 e. The third kappa shape index (κ3) is 4.16. The van der Waals surface area contributed by atoms with Crippen LogP contribution in [0.1, 0.15) is 6.42 Å². The van der Waals surface area contributed by atoms with E-state index in [0.29, 0.717) is 0 Å². The van der Waals surface area contributed by atoms with Crippen molar-refractivity contribution >= 4 is 17.8 Å². The Morgan fingerprint density at radius 2 is 2.10 bits per heavy atom. The zero-order valence-electron chi connectivity index (χ0n) is 11.0. The van der Waals surface area contributed by atoms with Crippen molar-refractivity contribution in [2.24, 2.45) is 0 Å². The van der Waals surface area contributed by atoms with Crippen molar-refractivity contribution in [3.05, 3.63) is 30.1 Å². The van der Waals surface area contributed by atoms with Crippen LogP contribution in [0.3, 0.4) is 0 Å². The Balaban J connectivity index is 1.67. The summed E-state index contributed by atoms with van der Waals surface area (Å²) in [5.41, 5.74) is 0. The number of urea groups is 1. The fourth-order valence-corrected chi connectivity index (χ4v) is 1.77. The van der Waals surface area contributed by atoms with Gasteiger partial charge in [0.1, 0.15) is 6.04 Å². The van der Waals surface area contributed by atoms with Crippen molar-refractivity contribution < 1.29 is 23.5 Å². The zero-order valence-corrected chi connectivity index (χ0v) is 11.0. The number of carbonyl (C=O) groups excluding carboxylic acids is 3. The van der Waals surface area contributed by atoms with Crippen LogP contribution < -0.4 is 20.7 Å². The van der Waals surface area contributed by atoms with E-state index in [4.69, 9.17) is 4.74 Å². The summed E-state index contributed by atoms with van der Waals surface area (Å²) in [6.07, 6.45) is 0.267. The quantitative estimate of drug-likeness (QED) is 0.639. The molecule has 1 unspecified atom stereocenters. The van der Waals surface area contributed by atoms with Gasteiger partial charge in [0, 0.05) is 6.54 Å². The van der Waals surface area contributed by atoms with Crippen LogP contribution in [-0.2, 0) is 9.59 Å². The first kappa shape index (κ1) is 14.8. The smallest absolute Gasteiger partial charge is 0.322 e. The van der Waals surface area contributed by atoms with Crippen molar-refractivity contribution in [3.8, 4) is 5.75 Å². The van der Waals surface area contributed by atoms with Gasteiger partial charge in [0.2, 0.25) is 0 Å². The van der Waals surface area contributed by atoms with Crippen molar-refractivity contribution in [3.63, 3.8) is 0 Å². The molecule has 1 heterocycles. The van der Waals surface area contributed by atoms with Crippen LogP contribution in [0.2, 0.25) is 0 Å². The van der Waals surface area contributed by atoms with E-state index in [0.717, 1.165) is 0 Å². The molecule has 1 atom stereocenters. The minimum atomic E-state index is -0.648. The topological polar surface area (TPSA) is 96.5 Å². The Labute approximate surface area is 119 Å². The number of benzene rings is 1. The summed E-state index contributed by atoms with van der Waals surface area (Å²) in [4.78, 5) is 33.6. The van der Waals surface area contributed by atoms with Crippen molar-refractivity contribution in [2.45, 2.75) is 12.5 Å². The van der Waals surface area contributed by atoms with Crippen LogP contribution in [0.5, 0.6) is 5.75 Å². The van der Waals surface area contributed by atoms with Gasteiger partial charge in [-0.2, -0.15) is 0 Å². The first-order valence-corrected chi connectivity index (χ1v) is 6.31. The molecule has 8 heteroatoms. The Morgan fingerprint density at radius 3 is 2.76 bits per heavy atom. The molecular weight excluding hydrogens is 281 g/mol. The number of hydrogen-bond donors (Lipinski definition) is 3. The van der Waals surface area contributed by atoms with Crippen LogP contribution in [0.4, 0.5) is 9.18 Å². The summed E-state index contributed by atoms with van der Waals surface area (Å²) >= 11 is 0. The molecule has 112 valence electrons. The molecule has 0 radical (unpaired) electrons. The number of halogens is 1. The molecule has 1 aromatic rings. The molecule has 1 aromatic carbocycles. The first-order valence-electron chi connectivity index (χ1n) is 6.31. The lowest BCUT2D eigenvalue weighted by molar-refractivity contribution is -0.124. The molecule has 4 amide bonds. The van der Waals surface area contributed by atoms with Gasteiger partial charge in [-0.15, -0.1) is 0 Å². The van der Waals surface area contributed by atoms with Gasteiger partial charge in [-0.05, 0) is 18.6 Å². The highest BCUT2D eigenvalue weighted by Gasteiger charge is 2.28. The maximum absolute atomic E-state index is 13.2. The first-order chi connectivity index (χ1) is 10.1. The summed E-state index contributed by atoms with van der Waals surface area (Å²) in [6, 6.07) is 4.57. The van der Waals surface area contributed by atoms with E-state index in [1.54, 1.807) is 6.07 Å². The molecule has 0 saturated carbocycles. The van der Waals surface area contributed by atoms with E-state index in [1.807, 2.05) is 0 Å². The molecule has 21 heavy (non-hydrogen) atoms. The normalized spacial score (nSPS) is 17.1. The van der Waals surface area contributed by atoms with Crippen LogP contribution in [-0.4, -0.2) is 37.0 Å². The Morgan fingerprint density at radius 1 is 1.33 bits per heavy atom. The molecule has 1 aliphatic rings. The predicted octanol–water partition coefficient (Wildman–Crippen LogP) is -0.0812. The lowest BCUT2D eigenvalue weighted by Crippen LogP contribution is -2.36. The number of nitrogens with one attached hydrogen (secondary N) is 3. The Bertz CT molecular complexity index is 564. The SMILES string of the molecule is O=C(COc1ccccc1F)NCCC1NC(=O)NC1=O. The number of ether oxygens (including phenoxy) is 1. The minimum Gasteiger partial charge on any atom is -0.481 e. The number of imide groups is 1. The summed E-state index contributed by atoms with van der Waals surface area (Å²) in [5.74, 6) is -1.41. The molecule has 0 bridgehead atoms. The van der Waals surface area contributed by atoms with E-state index in [2.05, 4.69) is 16.0 Å². The predicted molar refractivity (Wildman–Crippen MR) is 70.0 cm³/mol. The highest BCUT2D eigenvalue weighted by atomic mass is 19.1. The van der Waals surface area contributed by atoms with Gasteiger partial charge in [-0.1, -0.05) is 12.1 Å². The average molecular weight is 295 g/mol. The van der Waals surface area contributed by atoms with Gasteiger partial charge in [0.25, 0.3) is 11.8 Å². The van der Waals surface area contributed by atoms with Gasteiger partial charge in [-0.3, -0.25) is 14.9 Å². The van der Waals surface area contributed by atoms with Crippen LogP contribution >= 0.6 is 0 Å². The van der Waals surface area contributed by atoms with Gasteiger partial charge >= 0.3 is 6.03 Å². The molecule has 3 N–H and O–H groups in total. The molecule has 1 fully saturated rings. The summed E-state index contributed by atoms with van der Waals surface area (Å²) in [7, 11) is 0. The monoisotopic (exact) mass is 295 g/mol. The van der Waals surface area contributed by atoms with Crippen molar-refractivity contribution in [1.29, 1.82) is 0 Å². The van der Waals surface area contributed by atoms with Crippen LogP contribution in [0.25, 0.3) is 0 Å². The Hall–Kier alpha value is -2.64. The second kappa shape index (κ2) is 6.69. The molecule has 1 aliphatic heterocycles. The minimum absolute atomic E-state index is 0.00455. The zero-order chi connectivity index (χ0) is 15.2. The number of para-hydroxylation sites is 1. The highest BCUT2D eigenvalue weighted by Crippen LogP contribution is 2.14. The van der Waals surface area contributed by atoms with E-state index < -0.39 is 29.7 Å². The third-order valence-corrected chi connectivity index (χ3v) is 2.81. The lowest BCUT2D eigenvalue weighted by Gasteiger charge is -2.09. The van der Waals surface area contributed by atoms with Gasteiger partial charge in [0.05, 0.1) is 0 Å². The fourth-order valence-electron chi connectivity index (χ4n) is 1.77. The van der Waals surface area contributed by atoms with E-state index in [9.17, 15) is 18.8 Å². The summed E-state index contributed by atoms with van der Waals surface area (Å²) < 4.78 is 18.3. The molecule has 0 aliphatic carbocycles. The van der Waals surface area contributed by atoms with E-state index in [-0.39, 0.29) is 25.3 Å². The maximum atomic E-state index is 13.2. The number of amides is 4. The fraction of sp³-hybridized carbons (Fsp3) is 0.308. The van der Waals surface area contributed by atoms with Crippen molar-refractivity contribution in [1.82, 2.24) is 16.0 Å². The third-order valence-electron chi connectivity index (χ3n) is 2.81. The second-order valence-electron chi connectivity index (χ2n) is 4.37. The second-order valence-corrected chi connectivity index (χ2v) is 4.37. The van der Waals surface area contributed by atoms with E-state index >= 15 is 0 Å². The van der Waals surface area contributed by atoms with Gasteiger partial charge < -0.3 is 15.4 Å². The Kier molecular flexibility index (Phi) is 4.70. The van der Waals surface area contributed by atoms with Crippen LogP contribution in [0, 0.1) is 5.82 Å². The average Bonchev–Trinajstić information content (AvgIpc) is 2.76.